The molecule has 0 radical (unpaired) electrons. The summed E-state index contributed by atoms with van der Waals surface area (Å²) in [6.45, 7) is 0. The molecular weight excluding hydrogens is 212 g/mol. The standard InChI is InChI=1S/C11H16O3S/c1-2-3-4-5-11(12)8-10-6-7-15(13,14)9-10/h1,10H,3-9H2. The van der Waals surface area contributed by atoms with Crippen LogP contribution in [0.2, 0.25) is 0 Å². The van der Waals surface area contributed by atoms with Crippen molar-refractivity contribution < 1.29 is 13.2 Å². The molecule has 0 N–H and O–H groups in total. The zero-order valence-electron chi connectivity index (χ0n) is 8.74. The lowest BCUT2D eigenvalue weighted by molar-refractivity contribution is -0.119. The molecular formula is C11H16O3S. The number of terminal acetylenes is 1. The van der Waals surface area contributed by atoms with Gasteiger partial charge in [0.2, 0.25) is 0 Å². The number of sulfone groups is 1. The maximum Gasteiger partial charge on any atom is 0.150 e. The van der Waals surface area contributed by atoms with Gasteiger partial charge in [0.1, 0.15) is 5.78 Å². The molecule has 0 saturated carbocycles. The van der Waals surface area contributed by atoms with E-state index in [1.807, 2.05) is 0 Å². The molecule has 0 bridgehead atoms. The Morgan fingerprint density at radius 2 is 2.20 bits per heavy atom. The SMILES string of the molecule is C#CCCCC(=O)CC1CCS(=O)(=O)C1. The number of ketones is 1. The lowest BCUT2D eigenvalue weighted by atomic mass is 9.99. The fourth-order valence-corrected chi connectivity index (χ4v) is 3.71. The van der Waals surface area contributed by atoms with Gasteiger partial charge in [0, 0.05) is 19.3 Å². The molecule has 1 rings (SSSR count). The molecule has 0 aromatic rings. The zero-order valence-corrected chi connectivity index (χ0v) is 9.55. The molecule has 15 heavy (non-hydrogen) atoms. The van der Waals surface area contributed by atoms with Crippen LogP contribution in [0.5, 0.6) is 0 Å². The Morgan fingerprint density at radius 1 is 1.47 bits per heavy atom. The number of carbonyl (C=O) groups is 1. The Morgan fingerprint density at radius 3 is 2.73 bits per heavy atom. The van der Waals surface area contributed by atoms with E-state index in [1.54, 1.807) is 0 Å². The van der Waals surface area contributed by atoms with Gasteiger partial charge in [0.15, 0.2) is 9.84 Å². The summed E-state index contributed by atoms with van der Waals surface area (Å²) in [5.74, 6) is 3.11. The highest BCUT2D eigenvalue weighted by Gasteiger charge is 2.28. The van der Waals surface area contributed by atoms with E-state index in [0.29, 0.717) is 25.7 Å². The molecule has 1 unspecified atom stereocenters. The van der Waals surface area contributed by atoms with Crippen molar-refractivity contribution in [3.05, 3.63) is 0 Å². The molecule has 1 heterocycles. The quantitative estimate of drug-likeness (QED) is 0.524. The molecule has 1 aliphatic heterocycles. The van der Waals surface area contributed by atoms with Gasteiger partial charge in [-0.15, -0.1) is 12.3 Å². The second-order valence-corrected chi connectivity index (χ2v) is 6.30. The van der Waals surface area contributed by atoms with Gasteiger partial charge >= 0.3 is 0 Å². The van der Waals surface area contributed by atoms with Crippen LogP contribution in [0, 0.1) is 18.3 Å². The van der Waals surface area contributed by atoms with Gasteiger partial charge in [0.25, 0.3) is 0 Å². The van der Waals surface area contributed by atoms with E-state index < -0.39 is 9.84 Å². The van der Waals surface area contributed by atoms with Crippen molar-refractivity contribution in [2.75, 3.05) is 11.5 Å². The van der Waals surface area contributed by atoms with Crippen LogP contribution < -0.4 is 0 Å². The van der Waals surface area contributed by atoms with E-state index in [1.165, 1.54) is 0 Å². The predicted molar refractivity (Wildman–Crippen MR) is 59.1 cm³/mol. The van der Waals surface area contributed by atoms with Crippen LogP contribution in [0.3, 0.4) is 0 Å². The maximum atomic E-state index is 11.4. The smallest absolute Gasteiger partial charge is 0.150 e. The minimum atomic E-state index is -2.85. The lowest BCUT2D eigenvalue weighted by Crippen LogP contribution is -2.10. The molecule has 84 valence electrons. The molecule has 0 aromatic heterocycles. The van der Waals surface area contributed by atoms with Crippen LogP contribution in [0.25, 0.3) is 0 Å². The van der Waals surface area contributed by atoms with Gasteiger partial charge in [-0.1, -0.05) is 0 Å². The van der Waals surface area contributed by atoms with E-state index in [9.17, 15) is 13.2 Å². The van der Waals surface area contributed by atoms with Crippen molar-refractivity contribution in [1.29, 1.82) is 0 Å². The summed E-state index contributed by atoms with van der Waals surface area (Å²) in [5, 5.41) is 0. The topological polar surface area (TPSA) is 51.2 Å². The summed E-state index contributed by atoms with van der Waals surface area (Å²) in [4.78, 5) is 11.4. The number of hydrogen-bond donors (Lipinski definition) is 0. The molecule has 0 amide bonds. The average Bonchev–Trinajstić information content (AvgIpc) is 2.46. The molecule has 1 aliphatic rings. The first-order chi connectivity index (χ1) is 7.03. The molecule has 0 aliphatic carbocycles. The van der Waals surface area contributed by atoms with E-state index in [-0.39, 0.29) is 23.2 Å². The fraction of sp³-hybridized carbons (Fsp3) is 0.727. The first-order valence-electron chi connectivity index (χ1n) is 5.19. The molecule has 1 fully saturated rings. The van der Waals surface area contributed by atoms with Gasteiger partial charge in [-0.3, -0.25) is 4.79 Å². The molecule has 0 aromatic carbocycles. The highest BCUT2D eigenvalue weighted by atomic mass is 32.2. The minimum absolute atomic E-state index is 0.0494. The van der Waals surface area contributed by atoms with Crippen LogP contribution in [0.15, 0.2) is 0 Å². The highest BCUT2D eigenvalue weighted by Crippen LogP contribution is 2.22. The monoisotopic (exact) mass is 228 g/mol. The van der Waals surface area contributed by atoms with Crippen LogP contribution >= 0.6 is 0 Å². The Balaban J connectivity index is 2.25. The number of rotatable bonds is 5. The summed E-state index contributed by atoms with van der Waals surface area (Å²) in [5.41, 5.74) is 0. The van der Waals surface area contributed by atoms with Gasteiger partial charge in [-0.05, 0) is 18.8 Å². The molecule has 0 spiro atoms. The normalized spacial score (nSPS) is 23.5. The van der Waals surface area contributed by atoms with Crippen molar-refractivity contribution >= 4 is 15.6 Å². The summed E-state index contributed by atoms with van der Waals surface area (Å²) < 4.78 is 22.3. The highest BCUT2D eigenvalue weighted by molar-refractivity contribution is 7.91. The van der Waals surface area contributed by atoms with Crippen LogP contribution in [-0.4, -0.2) is 25.7 Å². The number of carbonyl (C=O) groups excluding carboxylic acids is 1. The minimum Gasteiger partial charge on any atom is -0.300 e. The van der Waals surface area contributed by atoms with E-state index in [2.05, 4.69) is 5.92 Å². The summed E-state index contributed by atoms with van der Waals surface area (Å²) >= 11 is 0. The zero-order chi connectivity index (χ0) is 11.3. The van der Waals surface area contributed by atoms with Gasteiger partial charge < -0.3 is 0 Å². The Labute approximate surface area is 91.2 Å². The molecule has 3 nitrogen and oxygen atoms in total. The average molecular weight is 228 g/mol. The van der Waals surface area contributed by atoms with E-state index in [4.69, 9.17) is 6.42 Å². The molecule has 4 heteroatoms. The van der Waals surface area contributed by atoms with Crippen molar-refractivity contribution in [2.45, 2.75) is 32.1 Å². The first kappa shape index (κ1) is 12.3. The first-order valence-corrected chi connectivity index (χ1v) is 7.01. The van der Waals surface area contributed by atoms with Gasteiger partial charge in [-0.2, -0.15) is 0 Å². The van der Waals surface area contributed by atoms with Crippen molar-refractivity contribution in [1.82, 2.24) is 0 Å². The summed E-state index contributed by atoms with van der Waals surface area (Å²) in [6, 6.07) is 0. The van der Waals surface area contributed by atoms with Crippen LogP contribution in [0.4, 0.5) is 0 Å². The van der Waals surface area contributed by atoms with Crippen molar-refractivity contribution in [3.63, 3.8) is 0 Å². The second-order valence-electron chi connectivity index (χ2n) is 4.07. The molecule has 1 atom stereocenters. The van der Waals surface area contributed by atoms with Crippen LogP contribution in [0.1, 0.15) is 32.1 Å². The predicted octanol–water partition coefficient (Wildman–Crippen LogP) is 1.18. The largest absolute Gasteiger partial charge is 0.300 e. The Bertz CT molecular complexity index is 362. The number of unbranched alkanes of at least 4 members (excludes halogenated alkanes) is 1. The maximum absolute atomic E-state index is 11.4. The number of hydrogen-bond acceptors (Lipinski definition) is 3. The lowest BCUT2D eigenvalue weighted by Gasteiger charge is -2.05. The van der Waals surface area contributed by atoms with E-state index in [0.717, 1.165) is 6.42 Å². The fourth-order valence-electron chi connectivity index (χ4n) is 1.84. The molecule has 1 saturated heterocycles. The van der Waals surface area contributed by atoms with Crippen LogP contribution in [-0.2, 0) is 14.6 Å². The Kier molecular flexibility index (Phi) is 4.34. The van der Waals surface area contributed by atoms with Crippen molar-refractivity contribution in [2.24, 2.45) is 5.92 Å². The number of Topliss-reactive ketones (excluding diaryl/α,β-unsaturated/α-hetero) is 1. The second kappa shape index (κ2) is 5.32. The van der Waals surface area contributed by atoms with E-state index >= 15 is 0 Å². The Hall–Kier alpha value is -0.820. The third kappa shape index (κ3) is 4.48. The van der Waals surface area contributed by atoms with Gasteiger partial charge in [0.05, 0.1) is 11.5 Å². The third-order valence-electron chi connectivity index (χ3n) is 2.62. The van der Waals surface area contributed by atoms with Crippen molar-refractivity contribution in [3.8, 4) is 12.3 Å². The summed E-state index contributed by atoms with van der Waals surface area (Å²) in [7, 11) is -2.85. The third-order valence-corrected chi connectivity index (χ3v) is 4.46. The van der Waals surface area contributed by atoms with Gasteiger partial charge in [-0.25, -0.2) is 8.42 Å². The summed E-state index contributed by atoms with van der Waals surface area (Å²) in [6.07, 6.45) is 7.95.